The molecule has 1 aliphatic heterocycles. The summed E-state index contributed by atoms with van der Waals surface area (Å²) in [5.74, 6) is 0. The van der Waals surface area contributed by atoms with E-state index in [1.807, 2.05) is 0 Å². The standard InChI is InChI=1S/C10H16N2OS/c1-2-8-7-14-10(11-8)12-9-4-3-5-13-6-9/h7,9H,2-6H2,1H3,(H,11,12)/t9-/m1/s1. The molecule has 0 bridgehead atoms. The minimum absolute atomic E-state index is 0.458. The number of nitrogens with zero attached hydrogens (tertiary/aromatic N) is 1. The number of ether oxygens (including phenoxy) is 1. The monoisotopic (exact) mass is 212 g/mol. The van der Waals surface area contributed by atoms with Crippen LogP contribution in [0, 0.1) is 0 Å². The number of hydrogen-bond donors (Lipinski definition) is 1. The van der Waals surface area contributed by atoms with Gasteiger partial charge in [-0.05, 0) is 19.3 Å². The van der Waals surface area contributed by atoms with Gasteiger partial charge in [0.2, 0.25) is 0 Å². The number of rotatable bonds is 3. The Morgan fingerprint density at radius 1 is 1.71 bits per heavy atom. The second-order valence-electron chi connectivity index (χ2n) is 3.56. The van der Waals surface area contributed by atoms with Crippen LogP contribution in [-0.2, 0) is 11.2 Å². The highest BCUT2D eigenvalue weighted by atomic mass is 32.1. The third kappa shape index (κ3) is 2.45. The summed E-state index contributed by atoms with van der Waals surface area (Å²) in [6.07, 6.45) is 3.37. The number of nitrogens with one attached hydrogen (secondary N) is 1. The van der Waals surface area contributed by atoms with E-state index in [1.165, 1.54) is 12.1 Å². The van der Waals surface area contributed by atoms with Crippen molar-refractivity contribution in [2.24, 2.45) is 0 Å². The van der Waals surface area contributed by atoms with Crippen LogP contribution >= 0.6 is 11.3 Å². The first-order valence-corrected chi connectivity index (χ1v) is 6.05. The molecule has 0 amide bonds. The first-order chi connectivity index (χ1) is 6.88. The fourth-order valence-corrected chi connectivity index (χ4v) is 2.44. The summed E-state index contributed by atoms with van der Waals surface area (Å²) in [6.45, 7) is 3.86. The molecule has 14 heavy (non-hydrogen) atoms. The molecular weight excluding hydrogens is 196 g/mol. The number of anilines is 1. The summed E-state index contributed by atoms with van der Waals surface area (Å²) in [5.41, 5.74) is 1.18. The Morgan fingerprint density at radius 3 is 3.29 bits per heavy atom. The highest BCUT2D eigenvalue weighted by Gasteiger charge is 2.14. The van der Waals surface area contributed by atoms with Crippen LogP contribution in [0.3, 0.4) is 0 Å². The van der Waals surface area contributed by atoms with E-state index in [0.717, 1.165) is 31.2 Å². The van der Waals surface area contributed by atoms with Gasteiger partial charge in [0.05, 0.1) is 18.3 Å². The molecule has 1 aromatic heterocycles. The summed E-state index contributed by atoms with van der Waals surface area (Å²) in [4.78, 5) is 4.47. The summed E-state index contributed by atoms with van der Waals surface area (Å²) >= 11 is 1.69. The molecule has 1 aromatic rings. The second-order valence-corrected chi connectivity index (χ2v) is 4.41. The van der Waals surface area contributed by atoms with Gasteiger partial charge in [-0.3, -0.25) is 0 Å². The molecule has 1 atom stereocenters. The fourth-order valence-electron chi connectivity index (χ4n) is 1.56. The van der Waals surface area contributed by atoms with Crippen molar-refractivity contribution in [2.75, 3.05) is 18.5 Å². The van der Waals surface area contributed by atoms with E-state index in [-0.39, 0.29) is 0 Å². The second kappa shape index (κ2) is 4.75. The van der Waals surface area contributed by atoms with Crippen LogP contribution < -0.4 is 5.32 Å². The van der Waals surface area contributed by atoms with E-state index < -0.39 is 0 Å². The molecule has 0 unspecified atom stereocenters. The quantitative estimate of drug-likeness (QED) is 0.834. The Bertz CT molecular complexity index is 281. The molecule has 2 heterocycles. The summed E-state index contributed by atoms with van der Waals surface area (Å²) in [6, 6.07) is 0.458. The minimum Gasteiger partial charge on any atom is -0.379 e. The predicted octanol–water partition coefficient (Wildman–Crippen LogP) is 2.30. The van der Waals surface area contributed by atoms with Gasteiger partial charge in [0.1, 0.15) is 0 Å². The predicted molar refractivity (Wildman–Crippen MR) is 59.0 cm³/mol. The van der Waals surface area contributed by atoms with Crippen LogP contribution in [0.2, 0.25) is 0 Å². The third-order valence-electron chi connectivity index (χ3n) is 2.40. The first-order valence-electron chi connectivity index (χ1n) is 5.17. The highest BCUT2D eigenvalue weighted by molar-refractivity contribution is 7.13. The molecule has 0 spiro atoms. The Balaban J connectivity index is 1.89. The fraction of sp³-hybridized carbons (Fsp3) is 0.700. The van der Waals surface area contributed by atoms with Gasteiger partial charge in [-0.15, -0.1) is 11.3 Å². The average molecular weight is 212 g/mol. The number of aromatic nitrogens is 1. The lowest BCUT2D eigenvalue weighted by molar-refractivity contribution is 0.0876. The maximum atomic E-state index is 5.40. The molecule has 78 valence electrons. The van der Waals surface area contributed by atoms with Gasteiger partial charge in [-0.1, -0.05) is 6.92 Å². The van der Waals surface area contributed by atoms with Crippen LogP contribution in [0.1, 0.15) is 25.5 Å². The molecule has 1 saturated heterocycles. The molecule has 0 radical (unpaired) electrons. The maximum Gasteiger partial charge on any atom is 0.183 e. The maximum absolute atomic E-state index is 5.40. The smallest absolute Gasteiger partial charge is 0.183 e. The van der Waals surface area contributed by atoms with Crippen molar-refractivity contribution in [1.82, 2.24) is 4.98 Å². The topological polar surface area (TPSA) is 34.1 Å². The van der Waals surface area contributed by atoms with Gasteiger partial charge in [0, 0.05) is 12.0 Å². The van der Waals surface area contributed by atoms with Gasteiger partial charge in [-0.2, -0.15) is 0 Å². The Morgan fingerprint density at radius 2 is 2.64 bits per heavy atom. The van der Waals surface area contributed by atoms with Crippen molar-refractivity contribution in [3.8, 4) is 0 Å². The van der Waals surface area contributed by atoms with E-state index in [1.54, 1.807) is 11.3 Å². The molecule has 1 aliphatic rings. The first kappa shape index (κ1) is 9.93. The summed E-state index contributed by atoms with van der Waals surface area (Å²) in [7, 11) is 0. The van der Waals surface area contributed by atoms with E-state index in [4.69, 9.17) is 4.74 Å². The van der Waals surface area contributed by atoms with E-state index >= 15 is 0 Å². The zero-order valence-electron chi connectivity index (χ0n) is 8.45. The molecule has 0 aliphatic carbocycles. The normalized spacial score (nSPS) is 22.2. The van der Waals surface area contributed by atoms with Crippen molar-refractivity contribution < 1.29 is 4.74 Å². The third-order valence-corrected chi connectivity index (χ3v) is 3.22. The van der Waals surface area contributed by atoms with Crippen LogP contribution in [0.4, 0.5) is 5.13 Å². The van der Waals surface area contributed by atoms with Gasteiger partial charge in [0.25, 0.3) is 0 Å². The average Bonchev–Trinajstić information content (AvgIpc) is 2.67. The Labute approximate surface area is 88.5 Å². The van der Waals surface area contributed by atoms with Gasteiger partial charge in [0.15, 0.2) is 5.13 Å². The van der Waals surface area contributed by atoms with Gasteiger partial charge >= 0.3 is 0 Å². The molecule has 0 saturated carbocycles. The zero-order valence-corrected chi connectivity index (χ0v) is 9.27. The SMILES string of the molecule is CCc1csc(N[C@@H]2CCCOC2)n1. The molecule has 0 aromatic carbocycles. The lowest BCUT2D eigenvalue weighted by Gasteiger charge is -2.22. The van der Waals surface area contributed by atoms with Crippen LogP contribution in [0.5, 0.6) is 0 Å². The van der Waals surface area contributed by atoms with Crippen molar-refractivity contribution in [1.29, 1.82) is 0 Å². The van der Waals surface area contributed by atoms with Crippen LogP contribution in [0.15, 0.2) is 5.38 Å². The number of hydrogen-bond acceptors (Lipinski definition) is 4. The zero-order chi connectivity index (χ0) is 9.80. The number of aryl methyl sites for hydroxylation is 1. The molecule has 1 fully saturated rings. The lowest BCUT2D eigenvalue weighted by atomic mass is 10.1. The molecule has 2 rings (SSSR count). The van der Waals surface area contributed by atoms with Crippen molar-refractivity contribution in [2.45, 2.75) is 32.2 Å². The Kier molecular flexibility index (Phi) is 3.37. The Hall–Kier alpha value is -0.610. The summed E-state index contributed by atoms with van der Waals surface area (Å²) < 4.78 is 5.40. The van der Waals surface area contributed by atoms with Gasteiger partial charge < -0.3 is 10.1 Å². The van der Waals surface area contributed by atoms with Crippen molar-refractivity contribution in [3.05, 3.63) is 11.1 Å². The number of thiazole rings is 1. The lowest BCUT2D eigenvalue weighted by Crippen LogP contribution is -2.29. The molecule has 4 heteroatoms. The van der Waals surface area contributed by atoms with E-state index in [9.17, 15) is 0 Å². The highest BCUT2D eigenvalue weighted by Crippen LogP contribution is 2.19. The van der Waals surface area contributed by atoms with Crippen molar-refractivity contribution in [3.63, 3.8) is 0 Å². The van der Waals surface area contributed by atoms with Crippen LogP contribution in [-0.4, -0.2) is 24.2 Å². The van der Waals surface area contributed by atoms with E-state index in [0.29, 0.717) is 6.04 Å². The molecular formula is C10H16N2OS. The molecule has 1 N–H and O–H groups in total. The minimum atomic E-state index is 0.458. The molecule has 3 nitrogen and oxygen atoms in total. The van der Waals surface area contributed by atoms with Crippen molar-refractivity contribution >= 4 is 16.5 Å². The largest absolute Gasteiger partial charge is 0.379 e. The van der Waals surface area contributed by atoms with Gasteiger partial charge in [-0.25, -0.2) is 4.98 Å². The van der Waals surface area contributed by atoms with Crippen LogP contribution in [0.25, 0.3) is 0 Å². The summed E-state index contributed by atoms with van der Waals surface area (Å²) in [5, 5.41) is 6.57. The van der Waals surface area contributed by atoms with E-state index in [2.05, 4.69) is 22.6 Å².